The Balaban J connectivity index is 2.44. The van der Waals surface area contributed by atoms with Crippen molar-refractivity contribution in [3.8, 4) is 0 Å². The van der Waals surface area contributed by atoms with Crippen molar-refractivity contribution in [2.24, 2.45) is 10.2 Å². The molecule has 2 aromatic heterocycles. The zero-order valence-electron chi connectivity index (χ0n) is 10.9. The highest BCUT2D eigenvalue weighted by atomic mass is 16.1. The Hall–Kier alpha value is -2.44. The van der Waals surface area contributed by atoms with Crippen LogP contribution in [-0.2, 0) is 13.1 Å². The van der Waals surface area contributed by atoms with E-state index in [9.17, 15) is 4.79 Å². The van der Waals surface area contributed by atoms with Crippen molar-refractivity contribution in [2.45, 2.75) is 26.9 Å². The highest BCUT2D eigenvalue weighted by molar-refractivity contribution is 5.56. The molecule has 0 radical (unpaired) electrons. The fourth-order valence-electron chi connectivity index (χ4n) is 1.86. The molecule has 0 aliphatic heterocycles. The number of nitrogens with zero attached hydrogens (tertiary/aromatic N) is 5. The van der Waals surface area contributed by atoms with Crippen molar-refractivity contribution in [3.63, 3.8) is 0 Å². The lowest BCUT2D eigenvalue weighted by Crippen LogP contribution is -2.21. The van der Waals surface area contributed by atoms with E-state index in [0.29, 0.717) is 24.6 Å². The molecular formula is C12H16N6O. The maximum absolute atomic E-state index is 12.1. The summed E-state index contributed by atoms with van der Waals surface area (Å²) in [5, 5.41) is 7.97. The van der Waals surface area contributed by atoms with Crippen molar-refractivity contribution in [1.82, 2.24) is 14.3 Å². The van der Waals surface area contributed by atoms with Crippen molar-refractivity contribution in [3.05, 3.63) is 34.9 Å². The zero-order valence-corrected chi connectivity index (χ0v) is 10.9. The first-order valence-electron chi connectivity index (χ1n) is 6.09. The van der Waals surface area contributed by atoms with E-state index in [-0.39, 0.29) is 11.2 Å². The normalized spacial score (nSPS) is 11.3. The first-order chi connectivity index (χ1) is 9.19. The third kappa shape index (κ3) is 2.40. The summed E-state index contributed by atoms with van der Waals surface area (Å²) in [5.74, 6) is 0.340. The summed E-state index contributed by atoms with van der Waals surface area (Å²) in [6.45, 7) is 4.96. The van der Waals surface area contributed by atoms with Gasteiger partial charge in [-0.05, 0) is 26.0 Å². The van der Waals surface area contributed by atoms with Gasteiger partial charge in [0.05, 0.1) is 5.69 Å². The molecule has 7 heteroatoms. The number of hydrogen-bond donors (Lipinski definition) is 1. The number of pyridine rings is 1. The van der Waals surface area contributed by atoms with Crippen LogP contribution in [0.5, 0.6) is 0 Å². The molecule has 0 spiro atoms. The predicted octanol–water partition coefficient (Wildman–Crippen LogP) is 2.08. The van der Waals surface area contributed by atoms with E-state index in [1.165, 1.54) is 0 Å². The predicted molar refractivity (Wildman–Crippen MR) is 72.9 cm³/mol. The summed E-state index contributed by atoms with van der Waals surface area (Å²) in [6.07, 6.45) is 3.22. The summed E-state index contributed by atoms with van der Waals surface area (Å²) in [4.78, 5) is 16.0. The third-order valence-corrected chi connectivity index (χ3v) is 2.78. The average molecular weight is 260 g/mol. The number of rotatable bonds is 4. The summed E-state index contributed by atoms with van der Waals surface area (Å²) < 4.78 is 3.25. The second-order valence-electron chi connectivity index (χ2n) is 3.88. The van der Waals surface area contributed by atoms with Gasteiger partial charge in [0, 0.05) is 25.5 Å². The SMILES string of the molecule is CCn1c(N)c(N=Nc2ccncc2)c(=O)n1CC. The van der Waals surface area contributed by atoms with Crippen LogP contribution >= 0.6 is 0 Å². The number of nitrogen functional groups attached to an aromatic ring is 1. The van der Waals surface area contributed by atoms with Gasteiger partial charge in [0.15, 0.2) is 11.5 Å². The molecule has 0 bridgehead atoms. The Morgan fingerprint density at radius 2 is 1.79 bits per heavy atom. The van der Waals surface area contributed by atoms with Gasteiger partial charge in [-0.2, -0.15) is 5.11 Å². The molecule has 0 unspecified atom stereocenters. The second kappa shape index (κ2) is 5.47. The van der Waals surface area contributed by atoms with Gasteiger partial charge in [-0.15, -0.1) is 5.11 Å². The highest BCUT2D eigenvalue weighted by Gasteiger charge is 2.15. The third-order valence-electron chi connectivity index (χ3n) is 2.78. The molecule has 0 aromatic carbocycles. The van der Waals surface area contributed by atoms with Crippen LogP contribution < -0.4 is 11.3 Å². The number of nitrogens with two attached hydrogens (primary N) is 1. The van der Waals surface area contributed by atoms with Crippen molar-refractivity contribution >= 4 is 17.2 Å². The van der Waals surface area contributed by atoms with E-state index < -0.39 is 0 Å². The Morgan fingerprint density at radius 1 is 1.16 bits per heavy atom. The largest absolute Gasteiger partial charge is 0.382 e. The van der Waals surface area contributed by atoms with Gasteiger partial charge in [-0.3, -0.25) is 14.5 Å². The molecule has 7 nitrogen and oxygen atoms in total. The molecule has 2 aromatic rings. The van der Waals surface area contributed by atoms with Crippen LogP contribution in [0.2, 0.25) is 0 Å². The van der Waals surface area contributed by atoms with Crippen LogP contribution in [0.4, 0.5) is 17.2 Å². The molecule has 0 aliphatic rings. The van der Waals surface area contributed by atoms with E-state index in [0.717, 1.165) is 0 Å². The molecule has 2 N–H and O–H groups in total. The van der Waals surface area contributed by atoms with Crippen molar-refractivity contribution in [2.75, 3.05) is 5.73 Å². The maximum atomic E-state index is 12.1. The number of azo groups is 1. The Labute approximate surface area is 110 Å². The van der Waals surface area contributed by atoms with Crippen LogP contribution in [0.25, 0.3) is 0 Å². The van der Waals surface area contributed by atoms with Gasteiger partial charge in [-0.1, -0.05) is 0 Å². The van der Waals surface area contributed by atoms with Gasteiger partial charge >= 0.3 is 0 Å². The van der Waals surface area contributed by atoms with Crippen molar-refractivity contribution < 1.29 is 0 Å². The van der Waals surface area contributed by atoms with E-state index in [2.05, 4.69) is 15.2 Å². The maximum Gasteiger partial charge on any atom is 0.296 e. The smallest absolute Gasteiger partial charge is 0.296 e. The number of aromatic nitrogens is 3. The minimum Gasteiger partial charge on any atom is -0.382 e. The first kappa shape index (κ1) is 13.0. The molecule has 100 valence electrons. The van der Waals surface area contributed by atoms with Gasteiger partial charge < -0.3 is 5.73 Å². The average Bonchev–Trinajstić information content (AvgIpc) is 2.68. The van der Waals surface area contributed by atoms with E-state index >= 15 is 0 Å². The minimum absolute atomic E-state index is 0.181. The van der Waals surface area contributed by atoms with E-state index in [1.807, 2.05) is 13.8 Å². The molecule has 0 amide bonds. The molecule has 0 saturated heterocycles. The van der Waals surface area contributed by atoms with Crippen LogP contribution in [0.3, 0.4) is 0 Å². The van der Waals surface area contributed by atoms with Gasteiger partial charge in [-0.25, -0.2) is 4.68 Å². The monoisotopic (exact) mass is 260 g/mol. The molecule has 0 atom stereocenters. The van der Waals surface area contributed by atoms with Crippen molar-refractivity contribution in [1.29, 1.82) is 0 Å². The lowest BCUT2D eigenvalue weighted by Gasteiger charge is -2.07. The van der Waals surface area contributed by atoms with Gasteiger partial charge in [0.25, 0.3) is 5.56 Å². The van der Waals surface area contributed by atoms with Crippen LogP contribution in [0, 0.1) is 0 Å². The summed E-state index contributed by atoms with van der Waals surface area (Å²) >= 11 is 0. The van der Waals surface area contributed by atoms with Crippen LogP contribution in [0.1, 0.15) is 13.8 Å². The summed E-state index contributed by atoms with van der Waals surface area (Å²) in [6, 6.07) is 3.41. The minimum atomic E-state index is -0.223. The molecule has 2 heterocycles. The lowest BCUT2D eigenvalue weighted by molar-refractivity contribution is 0.483. The lowest BCUT2D eigenvalue weighted by atomic mass is 10.4. The summed E-state index contributed by atoms with van der Waals surface area (Å²) in [5.41, 5.74) is 6.52. The topological polar surface area (TPSA) is 90.6 Å². The summed E-state index contributed by atoms with van der Waals surface area (Å²) in [7, 11) is 0. The van der Waals surface area contributed by atoms with E-state index in [4.69, 9.17) is 5.73 Å². The molecule has 19 heavy (non-hydrogen) atoms. The standard InChI is InChI=1S/C12H16N6O/c1-3-17-11(13)10(12(19)18(17)4-2)16-15-9-5-7-14-8-6-9/h5-8H,3-4,13H2,1-2H3. The zero-order chi connectivity index (χ0) is 13.8. The van der Waals surface area contributed by atoms with E-state index in [1.54, 1.807) is 33.9 Å². The number of hydrogen-bond acceptors (Lipinski definition) is 5. The molecular weight excluding hydrogens is 244 g/mol. The first-order valence-corrected chi connectivity index (χ1v) is 6.09. The second-order valence-corrected chi connectivity index (χ2v) is 3.88. The molecule has 0 saturated carbocycles. The fraction of sp³-hybridized carbons (Fsp3) is 0.333. The van der Waals surface area contributed by atoms with Crippen LogP contribution in [-0.4, -0.2) is 14.3 Å². The van der Waals surface area contributed by atoms with Gasteiger partial charge in [0.2, 0.25) is 0 Å². The van der Waals surface area contributed by atoms with Crippen LogP contribution in [0.15, 0.2) is 39.5 Å². The number of anilines is 1. The molecule has 0 fully saturated rings. The Morgan fingerprint density at radius 3 is 2.32 bits per heavy atom. The molecule has 2 rings (SSSR count). The Bertz CT molecular complexity index is 640. The highest BCUT2D eigenvalue weighted by Crippen LogP contribution is 2.21. The van der Waals surface area contributed by atoms with Gasteiger partial charge in [0.1, 0.15) is 0 Å². The quantitative estimate of drug-likeness (QED) is 0.853. The molecule has 0 aliphatic carbocycles. The fourth-order valence-corrected chi connectivity index (χ4v) is 1.86. The Kier molecular flexibility index (Phi) is 3.74.